The summed E-state index contributed by atoms with van der Waals surface area (Å²) < 4.78 is 11.0. The number of nitrogens with zero attached hydrogens (tertiary/aromatic N) is 1. The van der Waals surface area contributed by atoms with Crippen molar-refractivity contribution in [1.82, 2.24) is 10.2 Å². The van der Waals surface area contributed by atoms with Crippen molar-refractivity contribution in [3.8, 4) is 11.5 Å². The van der Waals surface area contributed by atoms with E-state index < -0.39 is 0 Å². The predicted octanol–water partition coefficient (Wildman–Crippen LogP) is 0.982. The highest BCUT2D eigenvalue weighted by Crippen LogP contribution is 2.34. The quantitative estimate of drug-likeness (QED) is 0.842. The van der Waals surface area contributed by atoms with Crippen molar-refractivity contribution in [2.75, 3.05) is 45.1 Å². The summed E-state index contributed by atoms with van der Waals surface area (Å²) in [7, 11) is 0. The van der Waals surface area contributed by atoms with Gasteiger partial charge in [0.25, 0.3) is 0 Å². The third-order valence-electron chi connectivity index (χ3n) is 3.35. The predicted molar refractivity (Wildman–Crippen MR) is 77.6 cm³/mol. The van der Waals surface area contributed by atoms with E-state index in [-0.39, 0.29) is 5.91 Å². The van der Waals surface area contributed by atoms with Crippen LogP contribution >= 0.6 is 11.8 Å². The molecule has 1 saturated heterocycles. The van der Waals surface area contributed by atoms with E-state index in [0.717, 1.165) is 42.6 Å². The van der Waals surface area contributed by atoms with Crippen molar-refractivity contribution in [1.29, 1.82) is 0 Å². The van der Waals surface area contributed by atoms with Gasteiger partial charge in [0, 0.05) is 31.1 Å². The molecule has 0 unspecified atom stereocenters. The van der Waals surface area contributed by atoms with Gasteiger partial charge in [-0.25, -0.2) is 0 Å². The highest BCUT2D eigenvalue weighted by molar-refractivity contribution is 8.00. The number of hydrogen-bond acceptors (Lipinski definition) is 5. The SMILES string of the molecule is O=C(CSc1ccc2c(c1)OCCO2)N1CCNCC1. The first-order chi connectivity index (χ1) is 9.83. The molecule has 0 spiro atoms. The molecule has 0 aromatic heterocycles. The standard InChI is InChI=1S/C14H18N2O3S/c17-14(16-5-3-15-4-6-16)10-20-11-1-2-12-13(9-11)19-8-7-18-12/h1-2,9,15H,3-8,10H2. The van der Waals surface area contributed by atoms with Crippen molar-refractivity contribution in [3.63, 3.8) is 0 Å². The molecule has 2 aliphatic heterocycles. The zero-order chi connectivity index (χ0) is 13.8. The Hall–Kier alpha value is -1.40. The summed E-state index contributed by atoms with van der Waals surface area (Å²) >= 11 is 1.55. The first kappa shape index (κ1) is 13.6. The van der Waals surface area contributed by atoms with Crippen LogP contribution in [0.3, 0.4) is 0 Å². The summed E-state index contributed by atoms with van der Waals surface area (Å²) in [5, 5.41) is 3.25. The Morgan fingerprint density at radius 1 is 1.20 bits per heavy atom. The highest BCUT2D eigenvalue weighted by atomic mass is 32.2. The maximum atomic E-state index is 12.1. The smallest absolute Gasteiger partial charge is 0.233 e. The minimum absolute atomic E-state index is 0.200. The molecule has 0 radical (unpaired) electrons. The number of carbonyl (C=O) groups excluding carboxylic acids is 1. The van der Waals surface area contributed by atoms with Crippen LogP contribution < -0.4 is 14.8 Å². The molecule has 6 heteroatoms. The van der Waals surface area contributed by atoms with Gasteiger partial charge in [-0.3, -0.25) is 4.79 Å². The molecule has 1 N–H and O–H groups in total. The Morgan fingerprint density at radius 3 is 2.75 bits per heavy atom. The molecule has 2 heterocycles. The fourth-order valence-electron chi connectivity index (χ4n) is 2.26. The maximum absolute atomic E-state index is 12.1. The van der Waals surface area contributed by atoms with Gasteiger partial charge in [0.05, 0.1) is 5.75 Å². The van der Waals surface area contributed by atoms with E-state index >= 15 is 0 Å². The van der Waals surface area contributed by atoms with Gasteiger partial charge in [0.15, 0.2) is 11.5 Å². The second kappa shape index (κ2) is 6.37. The average Bonchev–Trinajstić information content (AvgIpc) is 2.53. The van der Waals surface area contributed by atoms with Crippen LogP contribution in [0.2, 0.25) is 0 Å². The molecule has 5 nitrogen and oxygen atoms in total. The van der Waals surface area contributed by atoms with Gasteiger partial charge in [0.1, 0.15) is 13.2 Å². The second-order valence-corrected chi connectivity index (χ2v) is 5.77. The summed E-state index contributed by atoms with van der Waals surface area (Å²) in [5.74, 6) is 2.23. The van der Waals surface area contributed by atoms with Crippen LogP contribution in [0.1, 0.15) is 0 Å². The zero-order valence-electron chi connectivity index (χ0n) is 11.3. The zero-order valence-corrected chi connectivity index (χ0v) is 12.1. The lowest BCUT2D eigenvalue weighted by molar-refractivity contribution is -0.128. The van der Waals surface area contributed by atoms with Crippen LogP contribution in [0.4, 0.5) is 0 Å². The summed E-state index contributed by atoms with van der Waals surface area (Å²) in [4.78, 5) is 15.0. The number of nitrogens with one attached hydrogen (secondary N) is 1. The summed E-state index contributed by atoms with van der Waals surface area (Å²) in [5.41, 5.74) is 0. The Balaban J connectivity index is 1.56. The second-order valence-electron chi connectivity index (χ2n) is 4.72. The number of hydrogen-bond donors (Lipinski definition) is 1. The van der Waals surface area contributed by atoms with Crippen molar-refractivity contribution in [3.05, 3.63) is 18.2 Å². The Labute approximate surface area is 122 Å². The summed E-state index contributed by atoms with van der Waals surface area (Å²) in [6, 6.07) is 5.83. The van der Waals surface area contributed by atoms with Crippen LogP contribution in [0.15, 0.2) is 23.1 Å². The van der Waals surface area contributed by atoms with Gasteiger partial charge in [-0.1, -0.05) is 0 Å². The fraction of sp³-hybridized carbons (Fsp3) is 0.500. The van der Waals surface area contributed by atoms with Crippen molar-refractivity contribution < 1.29 is 14.3 Å². The average molecular weight is 294 g/mol. The van der Waals surface area contributed by atoms with Crippen LogP contribution in [-0.4, -0.2) is 56.0 Å². The van der Waals surface area contributed by atoms with Crippen molar-refractivity contribution >= 4 is 17.7 Å². The Kier molecular flexibility index (Phi) is 4.32. The van der Waals surface area contributed by atoms with Gasteiger partial charge in [-0.2, -0.15) is 0 Å². The molecule has 2 aliphatic rings. The van der Waals surface area contributed by atoms with Crippen LogP contribution in [0.5, 0.6) is 11.5 Å². The monoisotopic (exact) mass is 294 g/mol. The van der Waals surface area contributed by atoms with E-state index in [4.69, 9.17) is 9.47 Å². The number of fused-ring (bicyclic) bond motifs is 1. The number of benzene rings is 1. The van der Waals surface area contributed by atoms with Gasteiger partial charge >= 0.3 is 0 Å². The van der Waals surface area contributed by atoms with Gasteiger partial charge < -0.3 is 19.7 Å². The van der Waals surface area contributed by atoms with Crippen LogP contribution in [0, 0.1) is 0 Å². The Bertz CT molecular complexity index is 489. The molecular formula is C14H18N2O3S. The van der Waals surface area contributed by atoms with E-state index in [2.05, 4.69) is 5.32 Å². The number of piperazine rings is 1. The molecule has 108 valence electrons. The van der Waals surface area contributed by atoms with Crippen molar-refractivity contribution in [2.24, 2.45) is 0 Å². The summed E-state index contributed by atoms with van der Waals surface area (Å²) in [6.07, 6.45) is 0. The topological polar surface area (TPSA) is 50.8 Å². The molecule has 1 aromatic rings. The van der Waals surface area contributed by atoms with Gasteiger partial charge in [-0.05, 0) is 18.2 Å². The summed E-state index contributed by atoms with van der Waals surface area (Å²) in [6.45, 7) is 4.57. The molecule has 0 aliphatic carbocycles. The van der Waals surface area contributed by atoms with E-state index in [0.29, 0.717) is 19.0 Å². The number of rotatable bonds is 3. The molecule has 20 heavy (non-hydrogen) atoms. The van der Waals surface area contributed by atoms with Gasteiger partial charge in [0.2, 0.25) is 5.91 Å². The fourth-order valence-corrected chi connectivity index (χ4v) is 3.09. The lowest BCUT2D eigenvalue weighted by Crippen LogP contribution is -2.47. The van der Waals surface area contributed by atoms with Crippen LogP contribution in [-0.2, 0) is 4.79 Å². The maximum Gasteiger partial charge on any atom is 0.233 e. The number of ether oxygens (including phenoxy) is 2. The highest BCUT2D eigenvalue weighted by Gasteiger charge is 2.17. The molecule has 1 fully saturated rings. The molecule has 1 amide bonds. The van der Waals surface area contributed by atoms with Crippen LogP contribution in [0.25, 0.3) is 0 Å². The molecule has 0 atom stereocenters. The molecule has 0 saturated carbocycles. The van der Waals surface area contributed by atoms with E-state index in [9.17, 15) is 4.79 Å². The number of thioether (sulfide) groups is 1. The van der Waals surface area contributed by atoms with E-state index in [1.165, 1.54) is 0 Å². The van der Waals surface area contributed by atoms with Crippen molar-refractivity contribution in [2.45, 2.75) is 4.90 Å². The normalized spacial score (nSPS) is 17.9. The van der Waals surface area contributed by atoms with Gasteiger partial charge in [-0.15, -0.1) is 11.8 Å². The molecule has 3 rings (SSSR count). The van der Waals surface area contributed by atoms with E-state index in [1.54, 1.807) is 11.8 Å². The minimum Gasteiger partial charge on any atom is -0.486 e. The molecule has 0 bridgehead atoms. The minimum atomic E-state index is 0.200. The lowest BCUT2D eigenvalue weighted by Gasteiger charge is -2.27. The number of amides is 1. The largest absolute Gasteiger partial charge is 0.486 e. The molecular weight excluding hydrogens is 276 g/mol. The number of carbonyl (C=O) groups is 1. The third-order valence-corrected chi connectivity index (χ3v) is 4.32. The van der Waals surface area contributed by atoms with E-state index in [1.807, 2.05) is 23.1 Å². The third kappa shape index (κ3) is 3.19. The molecule has 1 aromatic carbocycles. The Morgan fingerprint density at radius 2 is 1.95 bits per heavy atom. The first-order valence-electron chi connectivity index (χ1n) is 6.84. The first-order valence-corrected chi connectivity index (χ1v) is 7.82. The lowest BCUT2D eigenvalue weighted by atomic mass is 10.3.